The number of ether oxygens (including phenoxy) is 1. The van der Waals surface area contributed by atoms with Gasteiger partial charge in [0.15, 0.2) is 0 Å². The van der Waals surface area contributed by atoms with E-state index in [-0.39, 0.29) is 5.38 Å². The molecule has 0 radical (unpaired) electrons. The van der Waals surface area contributed by atoms with Gasteiger partial charge < -0.3 is 4.74 Å². The molecule has 0 aromatic heterocycles. The quantitative estimate of drug-likeness (QED) is 0.462. The van der Waals surface area contributed by atoms with E-state index < -0.39 is 0 Å². The van der Waals surface area contributed by atoms with Gasteiger partial charge in [0.05, 0.1) is 11.5 Å². The summed E-state index contributed by atoms with van der Waals surface area (Å²) in [7, 11) is 0. The first-order valence-electron chi connectivity index (χ1n) is 5.09. The Balaban J connectivity index is 2.06. The van der Waals surface area contributed by atoms with Crippen molar-refractivity contribution in [1.82, 2.24) is 0 Å². The van der Waals surface area contributed by atoms with Gasteiger partial charge in [-0.3, -0.25) is 0 Å². The molecule has 0 aliphatic carbocycles. The summed E-state index contributed by atoms with van der Waals surface area (Å²) in [5.41, 5.74) is 0. The molecule has 0 amide bonds. The molecule has 72 valence electrons. The van der Waals surface area contributed by atoms with Gasteiger partial charge in [-0.2, -0.15) is 0 Å². The van der Waals surface area contributed by atoms with Crippen molar-refractivity contribution < 1.29 is 4.74 Å². The van der Waals surface area contributed by atoms with Crippen molar-refractivity contribution in [3.8, 4) is 0 Å². The zero-order chi connectivity index (χ0) is 8.97. The predicted octanol–water partition coefficient (Wildman–Crippen LogP) is 3.35. The maximum atomic E-state index is 6.13. The summed E-state index contributed by atoms with van der Waals surface area (Å²) >= 11 is 6.13. The number of epoxide rings is 1. The maximum Gasteiger partial charge on any atom is 0.100 e. The molecule has 1 fully saturated rings. The highest BCUT2D eigenvalue weighted by atomic mass is 35.5. The van der Waals surface area contributed by atoms with Crippen molar-refractivity contribution in [3.63, 3.8) is 0 Å². The fourth-order valence-electron chi connectivity index (χ4n) is 1.55. The van der Waals surface area contributed by atoms with E-state index in [1.165, 1.54) is 19.3 Å². The van der Waals surface area contributed by atoms with Crippen molar-refractivity contribution in [1.29, 1.82) is 0 Å². The van der Waals surface area contributed by atoms with E-state index in [1.807, 2.05) is 0 Å². The Morgan fingerprint density at radius 2 is 2.08 bits per heavy atom. The first kappa shape index (κ1) is 10.3. The second-order valence-corrected chi connectivity index (χ2v) is 4.15. The lowest BCUT2D eigenvalue weighted by atomic mass is 10.1. The van der Waals surface area contributed by atoms with Gasteiger partial charge in [0, 0.05) is 0 Å². The van der Waals surface area contributed by atoms with Gasteiger partial charge in [-0.15, -0.1) is 11.6 Å². The highest BCUT2D eigenvalue weighted by Crippen LogP contribution is 2.34. The van der Waals surface area contributed by atoms with Crippen LogP contribution in [0.4, 0.5) is 0 Å². The molecule has 1 saturated heterocycles. The third-order valence-electron chi connectivity index (χ3n) is 2.38. The molecule has 3 atom stereocenters. The number of unbranched alkanes of at least 4 members (excludes halogenated alkanes) is 1. The average Bonchev–Trinajstić information content (AvgIpc) is 2.80. The van der Waals surface area contributed by atoms with E-state index >= 15 is 0 Å². The lowest BCUT2D eigenvalue weighted by Gasteiger charge is -2.02. The summed E-state index contributed by atoms with van der Waals surface area (Å²) in [5.74, 6) is 0. The van der Waals surface area contributed by atoms with E-state index in [2.05, 4.69) is 13.8 Å². The lowest BCUT2D eigenvalue weighted by Crippen LogP contribution is -2.09. The molecule has 0 saturated carbocycles. The maximum absolute atomic E-state index is 6.13. The van der Waals surface area contributed by atoms with Crippen LogP contribution in [-0.2, 0) is 4.74 Å². The Morgan fingerprint density at radius 3 is 2.67 bits per heavy atom. The predicted molar refractivity (Wildman–Crippen MR) is 52.7 cm³/mol. The largest absolute Gasteiger partial charge is 0.368 e. The number of hydrogen-bond acceptors (Lipinski definition) is 1. The molecule has 1 heterocycles. The molecular weight excluding hydrogens is 172 g/mol. The Kier molecular flexibility index (Phi) is 4.38. The Bertz CT molecular complexity index is 127. The Hall–Kier alpha value is 0.250. The van der Waals surface area contributed by atoms with Crippen molar-refractivity contribution in [2.45, 2.75) is 63.5 Å². The Labute approximate surface area is 80.4 Å². The lowest BCUT2D eigenvalue weighted by molar-refractivity contribution is 0.352. The minimum absolute atomic E-state index is 0.261. The summed E-state index contributed by atoms with van der Waals surface area (Å²) < 4.78 is 5.50. The molecular formula is C10H19ClO. The molecule has 3 unspecified atom stereocenters. The normalized spacial score (nSPS) is 30.2. The molecule has 12 heavy (non-hydrogen) atoms. The van der Waals surface area contributed by atoms with E-state index in [0.717, 1.165) is 12.8 Å². The first-order chi connectivity index (χ1) is 5.79. The smallest absolute Gasteiger partial charge is 0.100 e. The van der Waals surface area contributed by atoms with Crippen molar-refractivity contribution >= 4 is 11.6 Å². The molecule has 0 aromatic rings. The summed E-state index contributed by atoms with van der Waals surface area (Å²) in [6.45, 7) is 4.38. The summed E-state index contributed by atoms with van der Waals surface area (Å²) in [5, 5.41) is 0.261. The third-order valence-corrected chi connectivity index (χ3v) is 2.85. The molecule has 1 aliphatic heterocycles. The number of rotatable bonds is 6. The van der Waals surface area contributed by atoms with Crippen LogP contribution < -0.4 is 0 Å². The van der Waals surface area contributed by atoms with Gasteiger partial charge in [0.1, 0.15) is 6.10 Å². The van der Waals surface area contributed by atoms with Crippen LogP contribution in [0.15, 0.2) is 0 Å². The van der Waals surface area contributed by atoms with E-state index in [4.69, 9.17) is 16.3 Å². The first-order valence-corrected chi connectivity index (χ1v) is 5.52. The number of halogens is 1. The number of hydrogen-bond donors (Lipinski definition) is 0. The van der Waals surface area contributed by atoms with Crippen molar-refractivity contribution in [2.75, 3.05) is 0 Å². The summed E-state index contributed by atoms with van der Waals surface area (Å²) in [4.78, 5) is 0. The van der Waals surface area contributed by atoms with E-state index in [1.54, 1.807) is 0 Å². The fourth-order valence-corrected chi connectivity index (χ4v) is 1.99. The summed E-state index contributed by atoms with van der Waals surface area (Å²) in [6, 6.07) is 0. The van der Waals surface area contributed by atoms with Gasteiger partial charge in [0.25, 0.3) is 0 Å². The third kappa shape index (κ3) is 2.95. The standard InChI is InChI=1S/C10H19ClO/c1-3-5-7-9-10(12-9)8(11)6-4-2/h8-10H,3-7H2,1-2H3. The molecule has 0 aromatic carbocycles. The monoisotopic (exact) mass is 190 g/mol. The van der Waals surface area contributed by atoms with Crippen LogP contribution in [-0.4, -0.2) is 17.6 Å². The zero-order valence-electron chi connectivity index (χ0n) is 8.05. The SMILES string of the molecule is CCCCC1OC1C(Cl)CCC. The van der Waals surface area contributed by atoms with Gasteiger partial charge in [0.2, 0.25) is 0 Å². The average molecular weight is 191 g/mol. The zero-order valence-corrected chi connectivity index (χ0v) is 8.81. The van der Waals surface area contributed by atoms with E-state index in [0.29, 0.717) is 12.2 Å². The molecule has 1 rings (SSSR count). The molecule has 0 bridgehead atoms. The van der Waals surface area contributed by atoms with Crippen LogP contribution in [0.5, 0.6) is 0 Å². The van der Waals surface area contributed by atoms with Crippen molar-refractivity contribution in [2.24, 2.45) is 0 Å². The number of alkyl halides is 1. The van der Waals surface area contributed by atoms with Gasteiger partial charge in [-0.25, -0.2) is 0 Å². The highest BCUT2D eigenvalue weighted by molar-refractivity contribution is 6.21. The van der Waals surface area contributed by atoms with E-state index in [9.17, 15) is 0 Å². The fraction of sp³-hybridized carbons (Fsp3) is 1.00. The minimum Gasteiger partial charge on any atom is -0.368 e. The minimum atomic E-state index is 0.261. The van der Waals surface area contributed by atoms with Crippen LogP contribution in [0.1, 0.15) is 46.0 Å². The second kappa shape index (κ2) is 5.08. The van der Waals surface area contributed by atoms with Crippen LogP contribution in [0.2, 0.25) is 0 Å². The molecule has 2 heteroatoms. The molecule has 0 spiro atoms. The molecule has 1 aliphatic rings. The van der Waals surface area contributed by atoms with Gasteiger partial charge in [-0.05, 0) is 12.8 Å². The highest BCUT2D eigenvalue weighted by Gasteiger charge is 2.42. The van der Waals surface area contributed by atoms with Gasteiger partial charge >= 0.3 is 0 Å². The van der Waals surface area contributed by atoms with Crippen LogP contribution in [0.25, 0.3) is 0 Å². The van der Waals surface area contributed by atoms with Crippen LogP contribution >= 0.6 is 11.6 Å². The van der Waals surface area contributed by atoms with Crippen LogP contribution in [0.3, 0.4) is 0 Å². The second-order valence-electron chi connectivity index (χ2n) is 3.59. The van der Waals surface area contributed by atoms with Crippen LogP contribution in [0, 0.1) is 0 Å². The summed E-state index contributed by atoms with van der Waals surface area (Å²) in [6.07, 6.45) is 6.85. The Morgan fingerprint density at radius 1 is 1.33 bits per heavy atom. The molecule has 0 N–H and O–H groups in total. The molecule has 1 nitrogen and oxygen atoms in total. The van der Waals surface area contributed by atoms with Crippen molar-refractivity contribution in [3.05, 3.63) is 0 Å². The topological polar surface area (TPSA) is 12.5 Å². The van der Waals surface area contributed by atoms with Gasteiger partial charge in [-0.1, -0.05) is 33.1 Å².